The van der Waals surface area contributed by atoms with Crippen molar-refractivity contribution in [3.63, 3.8) is 0 Å². The summed E-state index contributed by atoms with van der Waals surface area (Å²) in [6.07, 6.45) is 13.6. The van der Waals surface area contributed by atoms with Gasteiger partial charge in [0.05, 0.1) is 6.26 Å². The highest BCUT2D eigenvalue weighted by atomic mass is 16.5. The summed E-state index contributed by atoms with van der Waals surface area (Å²) in [5.74, 6) is 1.32. The third-order valence-corrected chi connectivity index (χ3v) is 3.30. The highest BCUT2D eigenvalue weighted by Crippen LogP contribution is 2.23. The molecule has 0 bridgehead atoms. The van der Waals surface area contributed by atoms with Crippen LogP contribution in [0.3, 0.4) is 0 Å². The van der Waals surface area contributed by atoms with Crippen molar-refractivity contribution in [3.8, 4) is 5.75 Å². The van der Waals surface area contributed by atoms with Crippen molar-refractivity contribution in [2.45, 2.75) is 34.1 Å². The summed E-state index contributed by atoms with van der Waals surface area (Å²) in [6.45, 7) is 7.50. The standard InChI is InChI=1S/C22H26O3/c1-5-13-22(25-20-15-10-7-11-16-20)21(6-2)18(3)14-9-8-12-17-24-19(4)23/h5,7-17H,6H2,1-4H3/b9-8-,13-5-,17-12+,18-14+,22-21+. The molecule has 0 aromatic heterocycles. The molecular formula is C22H26O3. The van der Waals surface area contributed by atoms with Crippen LogP contribution in [0.2, 0.25) is 0 Å². The van der Waals surface area contributed by atoms with Crippen molar-refractivity contribution < 1.29 is 14.3 Å². The summed E-state index contributed by atoms with van der Waals surface area (Å²) < 4.78 is 10.8. The lowest BCUT2D eigenvalue weighted by Gasteiger charge is -2.13. The molecule has 0 heterocycles. The third kappa shape index (κ3) is 8.02. The second-order valence-corrected chi connectivity index (χ2v) is 5.28. The Balaban J connectivity index is 2.97. The first-order chi connectivity index (χ1) is 12.1. The molecule has 1 aromatic carbocycles. The van der Waals surface area contributed by atoms with E-state index in [4.69, 9.17) is 9.47 Å². The van der Waals surface area contributed by atoms with E-state index in [1.165, 1.54) is 13.2 Å². The Labute approximate surface area is 150 Å². The first-order valence-electron chi connectivity index (χ1n) is 8.34. The van der Waals surface area contributed by atoms with Crippen LogP contribution in [0.1, 0.15) is 34.1 Å². The highest BCUT2D eigenvalue weighted by molar-refractivity contribution is 5.66. The number of hydrogen-bond donors (Lipinski definition) is 0. The third-order valence-electron chi connectivity index (χ3n) is 3.30. The van der Waals surface area contributed by atoms with Crippen molar-refractivity contribution in [1.29, 1.82) is 0 Å². The predicted octanol–water partition coefficient (Wildman–Crippen LogP) is 5.88. The monoisotopic (exact) mass is 338 g/mol. The van der Waals surface area contributed by atoms with Gasteiger partial charge in [-0.15, -0.1) is 0 Å². The van der Waals surface area contributed by atoms with E-state index < -0.39 is 0 Å². The maximum atomic E-state index is 10.7. The van der Waals surface area contributed by atoms with Crippen LogP contribution < -0.4 is 4.74 Å². The van der Waals surface area contributed by atoms with E-state index in [-0.39, 0.29) is 5.97 Å². The van der Waals surface area contributed by atoms with Crippen LogP contribution in [0.25, 0.3) is 0 Å². The van der Waals surface area contributed by atoms with E-state index in [1.54, 1.807) is 6.08 Å². The van der Waals surface area contributed by atoms with Gasteiger partial charge < -0.3 is 9.47 Å². The summed E-state index contributed by atoms with van der Waals surface area (Å²) >= 11 is 0. The molecule has 0 unspecified atom stereocenters. The molecule has 0 aliphatic carbocycles. The van der Waals surface area contributed by atoms with Crippen LogP contribution in [0, 0.1) is 0 Å². The van der Waals surface area contributed by atoms with E-state index in [0.29, 0.717) is 0 Å². The second kappa shape index (κ2) is 11.7. The zero-order valence-electron chi connectivity index (χ0n) is 15.4. The van der Waals surface area contributed by atoms with E-state index >= 15 is 0 Å². The summed E-state index contributed by atoms with van der Waals surface area (Å²) in [4.78, 5) is 10.7. The highest BCUT2D eigenvalue weighted by Gasteiger charge is 2.07. The van der Waals surface area contributed by atoms with Crippen LogP contribution in [0.4, 0.5) is 0 Å². The maximum Gasteiger partial charge on any atom is 0.307 e. The molecule has 1 aromatic rings. The summed E-state index contributed by atoms with van der Waals surface area (Å²) in [5, 5.41) is 0. The predicted molar refractivity (Wildman–Crippen MR) is 103 cm³/mol. The van der Waals surface area contributed by atoms with Crippen LogP contribution >= 0.6 is 0 Å². The fourth-order valence-electron chi connectivity index (χ4n) is 2.16. The van der Waals surface area contributed by atoms with Gasteiger partial charge in [0, 0.05) is 6.92 Å². The van der Waals surface area contributed by atoms with Crippen LogP contribution in [0.5, 0.6) is 5.75 Å². The minimum atomic E-state index is -0.332. The number of carbonyl (C=O) groups is 1. The van der Waals surface area contributed by atoms with Gasteiger partial charge in [0.25, 0.3) is 0 Å². The molecule has 0 saturated carbocycles. The molecule has 0 fully saturated rings. The Morgan fingerprint density at radius 1 is 1.08 bits per heavy atom. The van der Waals surface area contributed by atoms with Crippen LogP contribution in [0.15, 0.2) is 90.0 Å². The average molecular weight is 338 g/mol. The molecule has 3 heteroatoms. The van der Waals surface area contributed by atoms with Gasteiger partial charge in [0.2, 0.25) is 0 Å². The fraction of sp³-hybridized carbons (Fsp3) is 0.227. The van der Waals surface area contributed by atoms with E-state index in [2.05, 4.69) is 13.8 Å². The van der Waals surface area contributed by atoms with E-state index in [1.807, 2.05) is 67.6 Å². The van der Waals surface area contributed by atoms with Gasteiger partial charge in [-0.1, -0.05) is 49.4 Å². The van der Waals surface area contributed by atoms with Crippen molar-refractivity contribution in [1.82, 2.24) is 0 Å². The lowest BCUT2D eigenvalue weighted by atomic mass is 10.0. The van der Waals surface area contributed by atoms with Crippen molar-refractivity contribution >= 4 is 5.97 Å². The first kappa shape index (κ1) is 20.2. The molecule has 1 rings (SSSR count). The van der Waals surface area contributed by atoms with Gasteiger partial charge in [-0.2, -0.15) is 0 Å². The maximum absolute atomic E-state index is 10.7. The van der Waals surface area contributed by atoms with Crippen LogP contribution in [-0.2, 0) is 9.53 Å². The summed E-state index contributed by atoms with van der Waals surface area (Å²) in [5.41, 5.74) is 2.25. The average Bonchev–Trinajstić information content (AvgIpc) is 2.59. The van der Waals surface area contributed by atoms with Gasteiger partial charge in [-0.05, 0) is 55.7 Å². The Kier molecular flexibility index (Phi) is 9.46. The number of rotatable bonds is 8. The van der Waals surface area contributed by atoms with Crippen molar-refractivity contribution in [2.75, 3.05) is 0 Å². The minimum absolute atomic E-state index is 0.332. The molecule has 0 radical (unpaired) electrons. The number of esters is 1. The zero-order valence-corrected chi connectivity index (χ0v) is 15.4. The molecule has 25 heavy (non-hydrogen) atoms. The Morgan fingerprint density at radius 3 is 2.40 bits per heavy atom. The van der Waals surface area contributed by atoms with E-state index in [9.17, 15) is 4.79 Å². The molecular weight excluding hydrogens is 312 g/mol. The number of carbonyl (C=O) groups excluding carboxylic acids is 1. The molecule has 0 aliphatic rings. The topological polar surface area (TPSA) is 35.5 Å². The first-order valence-corrected chi connectivity index (χ1v) is 8.34. The molecule has 0 aliphatic heterocycles. The normalized spacial score (nSPS) is 13.5. The van der Waals surface area contributed by atoms with Gasteiger partial charge in [-0.25, -0.2) is 0 Å². The van der Waals surface area contributed by atoms with Crippen molar-refractivity contribution in [2.24, 2.45) is 0 Å². The zero-order chi connectivity index (χ0) is 18.5. The molecule has 0 saturated heterocycles. The minimum Gasteiger partial charge on any atom is -0.457 e. The second-order valence-electron chi connectivity index (χ2n) is 5.28. The summed E-state index contributed by atoms with van der Waals surface area (Å²) in [7, 11) is 0. The molecule has 3 nitrogen and oxygen atoms in total. The van der Waals surface area contributed by atoms with Gasteiger partial charge in [0.15, 0.2) is 0 Å². The lowest BCUT2D eigenvalue weighted by Crippen LogP contribution is -1.99. The van der Waals surface area contributed by atoms with Crippen LogP contribution in [-0.4, -0.2) is 5.97 Å². The smallest absolute Gasteiger partial charge is 0.307 e. The number of ether oxygens (including phenoxy) is 2. The fourth-order valence-corrected chi connectivity index (χ4v) is 2.16. The Hall–Kier alpha value is -2.81. The van der Waals surface area contributed by atoms with Gasteiger partial charge in [-0.3, -0.25) is 4.79 Å². The lowest BCUT2D eigenvalue weighted by molar-refractivity contribution is -0.135. The molecule has 0 N–H and O–H groups in total. The largest absolute Gasteiger partial charge is 0.457 e. The SMILES string of the molecule is C\C=C/C(Oc1ccccc1)=C(CC)\C(C)=C\C=C/C=C/OC(C)=O. The molecule has 0 amide bonds. The Morgan fingerprint density at radius 2 is 1.80 bits per heavy atom. The number of allylic oxidation sites excluding steroid dienone is 8. The molecule has 0 spiro atoms. The molecule has 132 valence electrons. The number of para-hydroxylation sites is 1. The van der Waals surface area contributed by atoms with Gasteiger partial charge >= 0.3 is 5.97 Å². The number of benzene rings is 1. The molecule has 0 atom stereocenters. The van der Waals surface area contributed by atoms with Gasteiger partial charge in [0.1, 0.15) is 11.5 Å². The Bertz CT molecular complexity index is 689. The summed E-state index contributed by atoms with van der Waals surface area (Å²) in [6, 6.07) is 9.75. The van der Waals surface area contributed by atoms with Crippen molar-refractivity contribution in [3.05, 3.63) is 90.0 Å². The van der Waals surface area contributed by atoms with E-state index in [0.717, 1.165) is 29.1 Å². The number of hydrogen-bond acceptors (Lipinski definition) is 3. The quantitative estimate of drug-likeness (QED) is 0.337.